The Kier molecular flexibility index (Phi) is 8.99. The fraction of sp³-hybridized carbons (Fsp3) is 0.435. The molecule has 2 amide bonds. The number of carbonyl (C=O) groups excluding carboxylic acids is 2. The molecule has 1 aromatic heterocycles. The molecule has 15 heteroatoms. The van der Waals surface area contributed by atoms with E-state index in [-0.39, 0.29) is 50.3 Å². The van der Waals surface area contributed by atoms with Crippen molar-refractivity contribution in [2.75, 3.05) is 32.8 Å². The molecule has 2 heterocycles. The number of aliphatic hydroxyl groups is 1. The van der Waals surface area contributed by atoms with E-state index in [9.17, 15) is 38.0 Å². The second kappa shape index (κ2) is 11.8. The minimum atomic E-state index is -4.41. The Morgan fingerprint density at radius 2 is 1.79 bits per heavy atom. The van der Waals surface area contributed by atoms with Gasteiger partial charge in [0.1, 0.15) is 18.4 Å². The maximum absolute atomic E-state index is 12.6. The van der Waals surface area contributed by atoms with E-state index < -0.39 is 40.8 Å². The van der Waals surface area contributed by atoms with Gasteiger partial charge in [0.25, 0.3) is 0 Å². The number of halogens is 4. The first kappa shape index (κ1) is 28.9. The van der Waals surface area contributed by atoms with Crippen LogP contribution in [0.25, 0.3) is 6.08 Å². The Morgan fingerprint density at radius 3 is 2.34 bits per heavy atom. The summed E-state index contributed by atoms with van der Waals surface area (Å²) in [5.74, 6) is -0.680. The van der Waals surface area contributed by atoms with Crippen molar-refractivity contribution in [2.24, 2.45) is 0 Å². The molecule has 1 saturated heterocycles. The average molecular weight is 560 g/mol. The van der Waals surface area contributed by atoms with Crippen LogP contribution in [0.4, 0.5) is 23.8 Å². The summed E-state index contributed by atoms with van der Waals surface area (Å²) in [5, 5.41) is 21.1. The van der Waals surface area contributed by atoms with Gasteiger partial charge in [-0.3, -0.25) is 9.36 Å². The number of nitrogens with zero attached hydrogens (tertiary/aromatic N) is 5. The van der Waals surface area contributed by atoms with Gasteiger partial charge in [-0.05, 0) is 46.1 Å². The summed E-state index contributed by atoms with van der Waals surface area (Å²) in [4.78, 5) is 41.5. The smallest absolute Gasteiger partial charge is 0.416 e. The molecule has 38 heavy (non-hydrogen) atoms. The van der Waals surface area contributed by atoms with Crippen LogP contribution < -0.4 is 0 Å². The average Bonchev–Trinajstić information content (AvgIpc) is 3.22. The number of imidazole rings is 1. The van der Waals surface area contributed by atoms with Gasteiger partial charge in [0.05, 0.1) is 12.1 Å². The van der Waals surface area contributed by atoms with Gasteiger partial charge in [-0.15, -0.1) is 0 Å². The lowest BCUT2D eigenvalue weighted by molar-refractivity contribution is -0.389. The predicted octanol–water partition coefficient (Wildman–Crippen LogP) is 3.60. The fourth-order valence-corrected chi connectivity index (χ4v) is 3.84. The summed E-state index contributed by atoms with van der Waals surface area (Å²) in [6.45, 7) is 1.67. The van der Waals surface area contributed by atoms with Crippen LogP contribution in [0.15, 0.2) is 36.5 Å². The lowest BCUT2D eigenvalue weighted by atomic mass is 10.1. The predicted molar refractivity (Wildman–Crippen MR) is 129 cm³/mol. The quantitative estimate of drug-likeness (QED) is 0.386. The van der Waals surface area contributed by atoms with Crippen molar-refractivity contribution < 1.29 is 37.5 Å². The van der Waals surface area contributed by atoms with E-state index in [0.29, 0.717) is 5.56 Å². The van der Waals surface area contributed by atoms with Gasteiger partial charge in [0.15, 0.2) is 0 Å². The van der Waals surface area contributed by atoms with E-state index >= 15 is 0 Å². The van der Waals surface area contributed by atoms with Gasteiger partial charge >= 0.3 is 23.4 Å². The first-order valence-corrected chi connectivity index (χ1v) is 11.8. The number of benzene rings is 1. The van der Waals surface area contributed by atoms with Gasteiger partial charge in [-0.25, -0.2) is 4.79 Å². The molecular weight excluding hydrogens is 535 g/mol. The molecule has 1 atom stereocenters. The van der Waals surface area contributed by atoms with Crippen LogP contribution in [0.1, 0.15) is 24.5 Å². The van der Waals surface area contributed by atoms with Crippen LogP contribution >= 0.6 is 11.6 Å². The minimum absolute atomic E-state index is 0.0449. The number of carbonyl (C=O) groups is 2. The van der Waals surface area contributed by atoms with E-state index in [0.717, 1.165) is 18.3 Å². The summed E-state index contributed by atoms with van der Waals surface area (Å²) in [5.41, 5.74) is -1.81. The summed E-state index contributed by atoms with van der Waals surface area (Å²) in [6, 6.07) is 4.58. The number of amides is 2. The number of nitro groups is 1. The Bertz CT molecular complexity index is 1190. The van der Waals surface area contributed by atoms with Crippen LogP contribution in [0.5, 0.6) is 0 Å². The van der Waals surface area contributed by atoms with E-state index in [2.05, 4.69) is 4.98 Å². The van der Waals surface area contributed by atoms with Crippen molar-refractivity contribution in [1.82, 2.24) is 19.4 Å². The highest BCUT2D eigenvalue weighted by Crippen LogP contribution is 2.29. The van der Waals surface area contributed by atoms with Gasteiger partial charge in [-0.2, -0.15) is 13.2 Å². The second-order valence-corrected chi connectivity index (χ2v) is 9.24. The zero-order valence-corrected chi connectivity index (χ0v) is 21.0. The van der Waals surface area contributed by atoms with E-state index in [1.807, 2.05) is 0 Å². The highest BCUT2D eigenvalue weighted by Gasteiger charge is 2.31. The summed E-state index contributed by atoms with van der Waals surface area (Å²) in [6.07, 6.45) is -0.870. The number of hydrogen-bond acceptors (Lipinski definition) is 7. The van der Waals surface area contributed by atoms with Gasteiger partial charge < -0.3 is 29.8 Å². The van der Waals surface area contributed by atoms with Crippen molar-refractivity contribution >= 4 is 35.5 Å². The molecule has 2 aromatic rings. The maximum atomic E-state index is 12.6. The number of ether oxygens (including phenoxy) is 1. The zero-order chi connectivity index (χ0) is 28.1. The molecule has 11 nitrogen and oxygen atoms in total. The Balaban J connectivity index is 1.41. The highest BCUT2D eigenvalue weighted by atomic mass is 35.5. The number of aromatic nitrogens is 2. The van der Waals surface area contributed by atoms with Crippen molar-refractivity contribution in [3.8, 4) is 0 Å². The molecule has 0 saturated carbocycles. The number of rotatable bonds is 8. The van der Waals surface area contributed by atoms with Crippen molar-refractivity contribution in [1.29, 1.82) is 0 Å². The lowest BCUT2D eigenvalue weighted by Crippen LogP contribution is -2.51. The van der Waals surface area contributed by atoms with Crippen molar-refractivity contribution in [3.63, 3.8) is 0 Å². The third-order valence-electron chi connectivity index (χ3n) is 5.65. The molecule has 0 radical (unpaired) electrons. The summed E-state index contributed by atoms with van der Waals surface area (Å²) in [7, 11) is 0. The number of hydrogen-bond donors (Lipinski definition) is 1. The monoisotopic (exact) mass is 559 g/mol. The number of alkyl halides is 3. The standard InChI is InChI=1S/C23H25ClF3N5O6/c1-22(35,14-31-13-18(32(36)37)28-20(31)24)15-38-21(34)30-11-9-29(10-12-30)19(33)4-2-3-16-5-7-17(8-6-16)23(25,26)27/h2-3,5-8,13,35H,4,9-12,14-15H2,1H3/b3-2+/t22-/m1/s1. The Hall–Kier alpha value is -3.65. The highest BCUT2D eigenvalue weighted by molar-refractivity contribution is 6.28. The molecule has 3 rings (SSSR count). The molecule has 1 aromatic carbocycles. The van der Waals surface area contributed by atoms with Crippen LogP contribution in [-0.2, 0) is 22.3 Å². The third kappa shape index (κ3) is 7.92. The summed E-state index contributed by atoms with van der Waals surface area (Å²) < 4.78 is 44.3. The van der Waals surface area contributed by atoms with Gasteiger partial charge in [-0.1, -0.05) is 24.3 Å². The molecule has 1 aliphatic rings. The molecule has 1 fully saturated rings. The first-order chi connectivity index (χ1) is 17.7. The molecule has 0 aliphatic carbocycles. The van der Waals surface area contributed by atoms with Gasteiger partial charge in [0, 0.05) is 32.6 Å². The van der Waals surface area contributed by atoms with Crippen molar-refractivity contribution in [3.05, 3.63) is 63.1 Å². The van der Waals surface area contributed by atoms with Gasteiger partial charge in [0.2, 0.25) is 5.91 Å². The van der Waals surface area contributed by atoms with Crippen LogP contribution in [0.2, 0.25) is 5.28 Å². The third-order valence-corrected chi connectivity index (χ3v) is 5.95. The van der Waals surface area contributed by atoms with E-state index in [1.165, 1.54) is 28.5 Å². The minimum Gasteiger partial charge on any atom is -0.446 e. The first-order valence-electron chi connectivity index (χ1n) is 11.4. The molecule has 1 aliphatic heterocycles. The molecule has 0 bridgehead atoms. The molecule has 1 N–H and O–H groups in total. The number of piperazine rings is 1. The second-order valence-electron chi connectivity index (χ2n) is 8.90. The normalized spacial score (nSPS) is 15.9. The van der Waals surface area contributed by atoms with Crippen LogP contribution in [0.3, 0.4) is 0 Å². The largest absolute Gasteiger partial charge is 0.446 e. The maximum Gasteiger partial charge on any atom is 0.416 e. The Morgan fingerprint density at radius 1 is 1.18 bits per heavy atom. The van der Waals surface area contributed by atoms with Crippen LogP contribution in [0, 0.1) is 10.1 Å². The molecular formula is C23H25ClF3N5O6. The molecule has 206 valence electrons. The van der Waals surface area contributed by atoms with E-state index in [4.69, 9.17) is 16.3 Å². The SMILES string of the molecule is C[C@](O)(COC(=O)N1CCN(C(=O)C/C=C/c2ccc(C(F)(F)F)cc2)CC1)Cn1cc([N+](=O)[O-])nc1Cl. The fourth-order valence-electron chi connectivity index (χ4n) is 3.65. The Labute approximate surface area is 220 Å². The zero-order valence-electron chi connectivity index (χ0n) is 20.2. The summed E-state index contributed by atoms with van der Waals surface area (Å²) >= 11 is 5.85. The topological polar surface area (TPSA) is 131 Å². The van der Waals surface area contributed by atoms with E-state index in [1.54, 1.807) is 17.1 Å². The molecule has 0 spiro atoms. The lowest BCUT2D eigenvalue weighted by Gasteiger charge is -2.34. The van der Waals surface area contributed by atoms with Crippen LogP contribution in [-0.4, -0.2) is 79.8 Å². The van der Waals surface area contributed by atoms with Crippen molar-refractivity contribution in [2.45, 2.75) is 31.7 Å². The molecule has 0 unspecified atom stereocenters.